The number of hydrogen-bond donors (Lipinski definition) is 1. The molecule has 0 unspecified atom stereocenters. The van der Waals surface area contributed by atoms with E-state index in [1.807, 2.05) is 30.3 Å². The van der Waals surface area contributed by atoms with Gasteiger partial charge in [0.05, 0.1) is 0 Å². The fourth-order valence-corrected chi connectivity index (χ4v) is 2.57. The second-order valence-electron chi connectivity index (χ2n) is 4.84. The normalized spacial score (nSPS) is 15.1. The Bertz CT molecular complexity index is 589. The molecule has 2 aromatic carbocycles. The molecule has 1 heterocycles. The standard InChI is InChI=1S/C16H15NO2/c18-16(19)17-10-13(11-17)15-9-5-4-8-14(15)12-6-2-1-3-7-12/h1-9,13H,10-11H2,(H,18,19). The average molecular weight is 253 g/mol. The number of carbonyl (C=O) groups is 1. The molecule has 0 atom stereocenters. The van der Waals surface area contributed by atoms with Gasteiger partial charge in [0.1, 0.15) is 0 Å². The van der Waals surface area contributed by atoms with E-state index in [1.54, 1.807) is 0 Å². The number of amides is 1. The molecule has 96 valence electrons. The summed E-state index contributed by atoms with van der Waals surface area (Å²) in [5.41, 5.74) is 3.64. The van der Waals surface area contributed by atoms with Crippen molar-refractivity contribution in [3.8, 4) is 11.1 Å². The first-order valence-electron chi connectivity index (χ1n) is 6.38. The highest BCUT2D eigenvalue weighted by Gasteiger charge is 2.32. The quantitative estimate of drug-likeness (QED) is 0.890. The van der Waals surface area contributed by atoms with Crippen molar-refractivity contribution in [1.29, 1.82) is 0 Å². The molecule has 1 fully saturated rings. The van der Waals surface area contributed by atoms with E-state index in [4.69, 9.17) is 5.11 Å². The Morgan fingerprint density at radius 1 is 1.00 bits per heavy atom. The third-order valence-electron chi connectivity index (χ3n) is 3.64. The minimum absolute atomic E-state index is 0.313. The fourth-order valence-electron chi connectivity index (χ4n) is 2.57. The Labute approximate surface area is 112 Å². The molecule has 1 saturated heterocycles. The highest BCUT2D eigenvalue weighted by atomic mass is 16.4. The summed E-state index contributed by atoms with van der Waals surface area (Å²) in [6.07, 6.45) is -0.826. The van der Waals surface area contributed by atoms with Gasteiger partial charge in [-0.15, -0.1) is 0 Å². The molecule has 2 aromatic rings. The molecule has 3 nitrogen and oxygen atoms in total. The van der Waals surface area contributed by atoms with Gasteiger partial charge >= 0.3 is 6.09 Å². The maximum Gasteiger partial charge on any atom is 0.407 e. The first kappa shape index (κ1) is 11.8. The molecule has 0 saturated carbocycles. The molecule has 3 heteroatoms. The summed E-state index contributed by atoms with van der Waals surface area (Å²) >= 11 is 0. The lowest BCUT2D eigenvalue weighted by molar-refractivity contribution is 0.105. The van der Waals surface area contributed by atoms with Gasteiger partial charge in [0, 0.05) is 19.0 Å². The van der Waals surface area contributed by atoms with Gasteiger partial charge in [0.2, 0.25) is 0 Å². The van der Waals surface area contributed by atoms with Crippen molar-refractivity contribution in [2.45, 2.75) is 5.92 Å². The molecule has 0 spiro atoms. The predicted molar refractivity (Wildman–Crippen MR) is 74.2 cm³/mol. The largest absolute Gasteiger partial charge is 0.465 e. The van der Waals surface area contributed by atoms with Gasteiger partial charge in [-0.1, -0.05) is 54.6 Å². The third kappa shape index (κ3) is 2.19. The van der Waals surface area contributed by atoms with Crippen LogP contribution in [0.3, 0.4) is 0 Å². The first-order valence-corrected chi connectivity index (χ1v) is 6.38. The molecule has 3 rings (SSSR count). The molecule has 1 amide bonds. The van der Waals surface area contributed by atoms with Crippen LogP contribution in [0.5, 0.6) is 0 Å². The third-order valence-corrected chi connectivity index (χ3v) is 3.64. The van der Waals surface area contributed by atoms with Crippen LogP contribution in [0.2, 0.25) is 0 Å². The van der Waals surface area contributed by atoms with Crippen molar-refractivity contribution in [2.24, 2.45) is 0 Å². The Hall–Kier alpha value is -2.29. The SMILES string of the molecule is O=C(O)N1CC(c2ccccc2-c2ccccc2)C1. The van der Waals surface area contributed by atoms with Crippen LogP contribution >= 0.6 is 0 Å². The van der Waals surface area contributed by atoms with Crippen LogP contribution < -0.4 is 0 Å². The van der Waals surface area contributed by atoms with Gasteiger partial charge in [-0.3, -0.25) is 0 Å². The molecular formula is C16H15NO2. The Morgan fingerprint density at radius 2 is 1.63 bits per heavy atom. The highest BCUT2D eigenvalue weighted by molar-refractivity contribution is 5.70. The van der Waals surface area contributed by atoms with Gasteiger partial charge in [-0.25, -0.2) is 4.79 Å². The summed E-state index contributed by atoms with van der Waals surface area (Å²) in [7, 11) is 0. The number of nitrogens with zero attached hydrogens (tertiary/aromatic N) is 1. The molecular weight excluding hydrogens is 238 g/mol. The number of rotatable bonds is 2. The summed E-state index contributed by atoms with van der Waals surface area (Å²) in [6.45, 7) is 1.19. The number of hydrogen-bond acceptors (Lipinski definition) is 1. The molecule has 1 N–H and O–H groups in total. The van der Waals surface area contributed by atoms with Crippen LogP contribution in [0, 0.1) is 0 Å². The predicted octanol–water partition coefficient (Wildman–Crippen LogP) is 3.43. The van der Waals surface area contributed by atoms with Crippen molar-refractivity contribution < 1.29 is 9.90 Å². The van der Waals surface area contributed by atoms with E-state index in [-0.39, 0.29) is 0 Å². The van der Waals surface area contributed by atoms with E-state index >= 15 is 0 Å². The van der Waals surface area contributed by atoms with Gasteiger partial charge in [0.25, 0.3) is 0 Å². The second-order valence-corrected chi connectivity index (χ2v) is 4.84. The minimum Gasteiger partial charge on any atom is -0.465 e. The fraction of sp³-hybridized carbons (Fsp3) is 0.188. The van der Waals surface area contributed by atoms with Crippen molar-refractivity contribution in [1.82, 2.24) is 4.90 Å². The van der Waals surface area contributed by atoms with Crippen LogP contribution in [0.25, 0.3) is 11.1 Å². The van der Waals surface area contributed by atoms with Gasteiger partial charge in [0.15, 0.2) is 0 Å². The zero-order valence-electron chi connectivity index (χ0n) is 10.5. The van der Waals surface area contributed by atoms with Crippen LogP contribution in [0.15, 0.2) is 54.6 Å². The van der Waals surface area contributed by atoms with E-state index in [0.717, 1.165) is 0 Å². The maximum absolute atomic E-state index is 10.8. The Morgan fingerprint density at radius 3 is 2.32 bits per heavy atom. The average Bonchev–Trinajstić information content (AvgIpc) is 2.38. The summed E-state index contributed by atoms with van der Waals surface area (Å²) in [5, 5.41) is 8.91. The zero-order valence-corrected chi connectivity index (χ0v) is 10.5. The molecule has 1 aliphatic heterocycles. The number of likely N-dealkylation sites (tertiary alicyclic amines) is 1. The van der Waals surface area contributed by atoms with Crippen molar-refractivity contribution in [3.05, 3.63) is 60.2 Å². The molecule has 0 aromatic heterocycles. The maximum atomic E-state index is 10.8. The summed E-state index contributed by atoms with van der Waals surface area (Å²) in [5.74, 6) is 0.313. The van der Waals surface area contributed by atoms with Gasteiger partial charge in [-0.05, 0) is 16.7 Å². The van der Waals surface area contributed by atoms with E-state index in [0.29, 0.717) is 19.0 Å². The van der Waals surface area contributed by atoms with E-state index < -0.39 is 6.09 Å². The van der Waals surface area contributed by atoms with E-state index in [9.17, 15) is 4.79 Å². The Kier molecular flexibility index (Phi) is 2.95. The minimum atomic E-state index is -0.826. The lowest BCUT2D eigenvalue weighted by atomic mass is 9.86. The molecule has 1 aliphatic rings. The summed E-state index contributed by atoms with van der Waals surface area (Å²) in [6, 6.07) is 18.5. The van der Waals surface area contributed by atoms with Crippen molar-refractivity contribution >= 4 is 6.09 Å². The smallest absolute Gasteiger partial charge is 0.407 e. The Balaban J connectivity index is 1.90. The van der Waals surface area contributed by atoms with Crippen molar-refractivity contribution in [3.63, 3.8) is 0 Å². The molecule has 0 aliphatic carbocycles. The second kappa shape index (κ2) is 4.76. The van der Waals surface area contributed by atoms with Crippen LogP contribution in [-0.2, 0) is 0 Å². The lowest BCUT2D eigenvalue weighted by Crippen LogP contribution is -2.47. The number of carboxylic acid groups (broad SMARTS) is 1. The van der Waals surface area contributed by atoms with Crippen molar-refractivity contribution in [2.75, 3.05) is 13.1 Å². The highest BCUT2D eigenvalue weighted by Crippen LogP contribution is 2.34. The van der Waals surface area contributed by atoms with Gasteiger partial charge in [-0.2, -0.15) is 0 Å². The molecule has 0 radical (unpaired) electrons. The van der Waals surface area contributed by atoms with E-state index in [1.165, 1.54) is 21.6 Å². The topological polar surface area (TPSA) is 40.5 Å². The van der Waals surface area contributed by atoms with Crippen LogP contribution in [0.1, 0.15) is 11.5 Å². The monoisotopic (exact) mass is 253 g/mol. The summed E-state index contributed by atoms with van der Waals surface area (Å²) < 4.78 is 0. The van der Waals surface area contributed by atoms with Crippen LogP contribution in [0.4, 0.5) is 4.79 Å². The zero-order chi connectivity index (χ0) is 13.2. The van der Waals surface area contributed by atoms with Crippen LogP contribution in [-0.4, -0.2) is 29.2 Å². The first-order chi connectivity index (χ1) is 9.25. The number of benzene rings is 2. The van der Waals surface area contributed by atoms with E-state index in [2.05, 4.69) is 24.3 Å². The summed E-state index contributed by atoms with van der Waals surface area (Å²) in [4.78, 5) is 12.3. The van der Waals surface area contributed by atoms with Gasteiger partial charge < -0.3 is 10.0 Å². The molecule has 19 heavy (non-hydrogen) atoms. The lowest BCUT2D eigenvalue weighted by Gasteiger charge is -2.38. The molecule has 0 bridgehead atoms.